The lowest BCUT2D eigenvalue weighted by atomic mass is 9.97. The highest BCUT2D eigenvalue weighted by atomic mass is 32.1. The topological polar surface area (TPSA) is 62.5 Å². The maximum Gasteiger partial charge on any atom is 0.225 e. The van der Waals surface area contributed by atoms with Gasteiger partial charge in [-0.15, -0.1) is 5.10 Å². The number of amides is 1. The smallest absolute Gasteiger partial charge is 0.225 e. The van der Waals surface area contributed by atoms with Crippen molar-refractivity contribution in [3.8, 4) is 11.3 Å². The zero-order valence-electron chi connectivity index (χ0n) is 17.2. The summed E-state index contributed by atoms with van der Waals surface area (Å²) in [6, 6.07) is 12.5. The van der Waals surface area contributed by atoms with Crippen LogP contribution >= 0.6 is 11.3 Å². The lowest BCUT2D eigenvalue weighted by Crippen LogP contribution is -2.43. The summed E-state index contributed by atoms with van der Waals surface area (Å²) in [5.41, 5.74) is 2.31. The van der Waals surface area contributed by atoms with E-state index in [0.29, 0.717) is 13.1 Å². The first-order valence-corrected chi connectivity index (χ1v) is 11.3. The molecule has 9 heteroatoms. The molecular weight excluding hydrogens is 432 g/mol. The number of nitrogens with one attached hydrogen (secondary N) is 1. The molecule has 164 valence electrons. The Hall–Kier alpha value is -3.33. The number of rotatable bonds is 5. The van der Waals surface area contributed by atoms with Gasteiger partial charge in [-0.3, -0.25) is 4.79 Å². The fourth-order valence-corrected chi connectivity index (χ4v) is 4.84. The van der Waals surface area contributed by atoms with Gasteiger partial charge in [-0.05, 0) is 54.8 Å². The van der Waals surface area contributed by atoms with Gasteiger partial charge in [0.15, 0.2) is 0 Å². The molecule has 32 heavy (non-hydrogen) atoms. The molecule has 0 bridgehead atoms. The third-order valence-electron chi connectivity index (χ3n) is 5.59. The number of anilines is 1. The van der Waals surface area contributed by atoms with E-state index in [2.05, 4.69) is 20.3 Å². The average molecular weight is 454 g/mol. The highest BCUT2D eigenvalue weighted by Crippen LogP contribution is 2.30. The van der Waals surface area contributed by atoms with E-state index >= 15 is 0 Å². The molecule has 0 radical (unpaired) electrons. The standard InChI is InChI=1S/C23H21F2N5OS/c24-18-8-6-16(7-9-18)20-14-30-22(27-20)32-23(28-30)29-10-2-4-17(13-29)21(31)26-12-15-3-1-5-19(25)11-15/h1,3,5-9,11,14,17H,2,4,10,12-13H2,(H,26,31)/t17-/m0/s1. The molecule has 4 aromatic rings. The van der Waals surface area contributed by atoms with E-state index in [0.717, 1.165) is 46.3 Å². The highest BCUT2D eigenvalue weighted by Gasteiger charge is 2.28. The van der Waals surface area contributed by atoms with Crippen molar-refractivity contribution in [2.45, 2.75) is 19.4 Å². The third kappa shape index (κ3) is 4.34. The van der Waals surface area contributed by atoms with Crippen molar-refractivity contribution in [2.75, 3.05) is 18.0 Å². The summed E-state index contributed by atoms with van der Waals surface area (Å²) in [4.78, 5) is 20.2. The number of nitrogens with zero attached hydrogens (tertiary/aromatic N) is 4. The van der Waals surface area contributed by atoms with Gasteiger partial charge in [0, 0.05) is 25.2 Å². The maximum atomic E-state index is 13.3. The van der Waals surface area contributed by atoms with Crippen molar-refractivity contribution < 1.29 is 13.6 Å². The quantitative estimate of drug-likeness (QED) is 0.490. The van der Waals surface area contributed by atoms with Crippen LogP contribution in [0.3, 0.4) is 0 Å². The number of hydrogen-bond acceptors (Lipinski definition) is 5. The molecule has 0 aliphatic carbocycles. The van der Waals surface area contributed by atoms with Crippen LogP contribution in [0.4, 0.5) is 13.9 Å². The number of piperidine rings is 1. The third-order valence-corrected chi connectivity index (χ3v) is 6.57. The first-order valence-electron chi connectivity index (χ1n) is 10.4. The van der Waals surface area contributed by atoms with Crippen LogP contribution in [0.5, 0.6) is 0 Å². The summed E-state index contributed by atoms with van der Waals surface area (Å²) >= 11 is 1.47. The van der Waals surface area contributed by atoms with Crippen LogP contribution < -0.4 is 10.2 Å². The van der Waals surface area contributed by atoms with Crippen molar-refractivity contribution in [2.24, 2.45) is 5.92 Å². The molecule has 1 atom stereocenters. The zero-order valence-corrected chi connectivity index (χ0v) is 18.0. The van der Waals surface area contributed by atoms with Crippen molar-refractivity contribution in [1.29, 1.82) is 0 Å². The second kappa shape index (κ2) is 8.66. The Morgan fingerprint density at radius 3 is 2.78 bits per heavy atom. The lowest BCUT2D eigenvalue weighted by molar-refractivity contribution is -0.125. The summed E-state index contributed by atoms with van der Waals surface area (Å²) in [7, 11) is 0. The van der Waals surface area contributed by atoms with E-state index in [4.69, 9.17) is 0 Å². The van der Waals surface area contributed by atoms with Crippen LogP contribution in [0, 0.1) is 17.6 Å². The Morgan fingerprint density at radius 2 is 2.00 bits per heavy atom. The summed E-state index contributed by atoms with van der Waals surface area (Å²) in [5.74, 6) is -0.769. The van der Waals surface area contributed by atoms with Crippen molar-refractivity contribution >= 4 is 27.3 Å². The zero-order chi connectivity index (χ0) is 22.1. The molecule has 5 rings (SSSR count). The van der Waals surface area contributed by atoms with Gasteiger partial charge in [-0.1, -0.05) is 23.5 Å². The Bertz CT molecular complexity index is 1220. The van der Waals surface area contributed by atoms with Crippen molar-refractivity contribution in [3.05, 3.63) is 71.9 Å². The second-order valence-electron chi connectivity index (χ2n) is 7.88. The van der Waals surface area contributed by atoms with Gasteiger partial charge in [0.1, 0.15) is 11.6 Å². The van der Waals surface area contributed by atoms with E-state index in [9.17, 15) is 13.6 Å². The minimum absolute atomic E-state index is 0.0288. The number of carbonyl (C=O) groups is 1. The number of benzene rings is 2. The van der Waals surface area contributed by atoms with E-state index in [1.54, 1.807) is 28.8 Å². The minimum Gasteiger partial charge on any atom is -0.352 e. The average Bonchev–Trinajstić information content (AvgIpc) is 3.38. The molecule has 6 nitrogen and oxygen atoms in total. The Balaban J connectivity index is 1.25. The number of fused-ring (bicyclic) bond motifs is 1. The van der Waals surface area contributed by atoms with Crippen LogP contribution in [0.2, 0.25) is 0 Å². The number of hydrogen-bond donors (Lipinski definition) is 1. The fraction of sp³-hybridized carbons (Fsp3) is 0.261. The predicted molar refractivity (Wildman–Crippen MR) is 119 cm³/mol. The molecule has 1 aliphatic heterocycles. The highest BCUT2D eigenvalue weighted by molar-refractivity contribution is 7.20. The normalized spacial score (nSPS) is 16.4. The molecule has 1 aliphatic rings. The van der Waals surface area contributed by atoms with Crippen LogP contribution in [-0.4, -0.2) is 33.6 Å². The molecule has 1 fully saturated rings. The van der Waals surface area contributed by atoms with Gasteiger partial charge in [0.2, 0.25) is 16.0 Å². The molecule has 0 unspecified atom stereocenters. The number of aromatic nitrogens is 3. The molecule has 2 aromatic carbocycles. The van der Waals surface area contributed by atoms with Gasteiger partial charge in [-0.2, -0.15) is 0 Å². The summed E-state index contributed by atoms with van der Waals surface area (Å²) in [5, 5.41) is 8.39. The van der Waals surface area contributed by atoms with E-state index in [1.807, 2.05) is 6.20 Å². The minimum atomic E-state index is -0.308. The second-order valence-corrected chi connectivity index (χ2v) is 8.81. The first kappa shape index (κ1) is 20.6. The summed E-state index contributed by atoms with van der Waals surface area (Å²) in [6.07, 6.45) is 3.53. The van der Waals surface area contributed by atoms with Crippen molar-refractivity contribution in [3.63, 3.8) is 0 Å². The summed E-state index contributed by atoms with van der Waals surface area (Å²) < 4.78 is 28.2. The number of imidazole rings is 1. The molecule has 1 saturated heterocycles. The van der Waals surface area contributed by atoms with Gasteiger partial charge in [-0.25, -0.2) is 18.3 Å². The maximum absolute atomic E-state index is 13.3. The van der Waals surface area contributed by atoms with Crippen LogP contribution in [0.25, 0.3) is 16.2 Å². The van der Waals surface area contributed by atoms with Gasteiger partial charge < -0.3 is 10.2 Å². The van der Waals surface area contributed by atoms with Gasteiger partial charge >= 0.3 is 0 Å². The van der Waals surface area contributed by atoms with Crippen LogP contribution in [-0.2, 0) is 11.3 Å². The largest absolute Gasteiger partial charge is 0.352 e. The van der Waals surface area contributed by atoms with E-state index in [1.165, 1.54) is 35.6 Å². The molecular formula is C23H21F2N5OS. The van der Waals surface area contributed by atoms with E-state index in [-0.39, 0.29) is 23.5 Å². The van der Waals surface area contributed by atoms with Crippen LogP contribution in [0.1, 0.15) is 18.4 Å². The Morgan fingerprint density at radius 1 is 1.16 bits per heavy atom. The number of halogens is 2. The van der Waals surface area contributed by atoms with Crippen molar-refractivity contribution in [1.82, 2.24) is 19.9 Å². The predicted octanol–water partition coefficient (Wildman–Crippen LogP) is 4.27. The Labute approximate surface area is 187 Å². The first-order chi connectivity index (χ1) is 15.5. The molecule has 0 saturated carbocycles. The monoisotopic (exact) mass is 453 g/mol. The summed E-state index contributed by atoms with van der Waals surface area (Å²) in [6.45, 7) is 1.72. The SMILES string of the molecule is O=C(NCc1cccc(F)c1)[C@H]1CCCN(c2nn3cc(-c4ccc(F)cc4)nc3s2)C1. The lowest BCUT2D eigenvalue weighted by Gasteiger charge is -2.31. The molecule has 3 heterocycles. The van der Waals surface area contributed by atoms with Gasteiger partial charge in [0.05, 0.1) is 17.8 Å². The molecule has 0 spiro atoms. The van der Waals surface area contributed by atoms with Gasteiger partial charge in [0.25, 0.3) is 0 Å². The number of carbonyl (C=O) groups excluding carboxylic acids is 1. The van der Waals surface area contributed by atoms with Crippen LogP contribution in [0.15, 0.2) is 54.7 Å². The molecule has 1 amide bonds. The Kier molecular flexibility index (Phi) is 5.57. The molecule has 1 N–H and O–H groups in total. The van der Waals surface area contributed by atoms with E-state index < -0.39 is 0 Å². The fourth-order valence-electron chi connectivity index (χ4n) is 3.92. The molecule has 2 aromatic heterocycles.